The summed E-state index contributed by atoms with van der Waals surface area (Å²) in [6.45, 7) is 2.00. The Hall–Kier alpha value is -1.24. The van der Waals surface area contributed by atoms with E-state index in [1.807, 2.05) is 26.1 Å². The molecule has 0 bridgehead atoms. The zero-order valence-electron chi connectivity index (χ0n) is 10.3. The predicted molar refractivity (Wildman–Crippen MR) is 69.2 cm³/mol. The number of hydrogen-bond donors (Lipinski definition) is 1. The normalized spacial score (nSPS) is 13.8. The van der Waals surface area contributed by atoms with E-state index in [4.69, 9.17) is 21.6 Å². The lowest BCUT2D eigenvalue weighted by molar-refractivity contribution is 0.413. The van der Waals surface area contributed by atoms with Crippen LogP contribution in [0.1, 0.15) is 24.9 Å². The summed E-state index contributed by atoms with van der Waals surface area (Å²) in [5.74, 6) is 0.629. The molecule has 1 aromatic rings. The third kappa shape index (κ3) is 3.12. The van der Waals surface area contributed by atoms with Crippen LogP contribution in [-0.2, 0) is 0 Å². The number of nitriles is 1. The predicted octanol–water partition coefficient (Wildman–Crippen LogP) is 3.16. The average Bonchev–Trinajstić information content (AvgIpc) is 2.36. The number of ether oxygens (including phenoxy) is 1. The van der Waals surface area contributed by atoms with Gasteiger partial charge in [0.1, 0.15) is 5.75 Å². The second kappa shape index (κ2) is 6.48. The van der Waals surface area contributed by atoms with Crippen molar-refractivity contribution < 1.29 is 4.74 Å². The molecule has 0 heterocycles. The van der Waals surface area contributed by atoms with Gasteiger partial charge in [-0.05, 0) is 31.2 Å². The maximum atomic E-state index is 9.12. The van der Waals surface area contributed by atoms with E-state index in [0.29, 0.717) is 5.02 Å². The average molecular weight is 253 g/mol. The highest BCUT2D eigenvalue weighted by Gasteiger charge is 2.22. The Morgan fingerprint density at radius 3 is 2.65 bits per heavy atom. The van der Waals surface area contributed by atoms with E-state index >= 15 is 0 Å². The fourth-order valence-electron chi connectivity index (χ4n) is 1.86. The van der Waals surface area contributed by atoms with Gasteiger partial charge in [-0.1, -0.05) is 24.6 Å². The molecule has 1 rings (SSSR count). The van der Waals surface area contributed by atoms with Gasteiger partial charge in [0.15, 0.2) is 0 Å². The molecule has 0 radical (unpaired) electrons. The summed E-state index contributed by atoms with van der Waals surface area (Å²) >= 11 is 6.21. The van der Waals surface area contributed by atoms with Crippen molar-refractivity contribution in [1.29, 1.82) is 5.26 Å². The fraction of sp³-hybridized carbons (Fsp3) is 0.462. The zero-order chi connectivity index (χ0) is 12.8. The molecule has 0 fully saturated rings. The molecule has 2 atom stereocenters. The minimum Gasteiger partial charge on any atom is -0.497 e. The number of benzene rings is 1. The first-order chi connectivity index (χ1) is 8.17. The number of halogens is 1. The molecule has 1 N–H and O–H groups in total. The lowest BCUT2D eigenvalue weighted by Crippen LogP contribution is -2.24. The van der Waals surface area contributed by atoms with Crippen LogP contribution in [-0.4, -0.2) is 14.2 Å². The van der Waals surface area contributed by atoms with Crippen LogP contribution < -0.4 is 10.1 Å². The van der Waals surface area contributed by atoms with Crippen LogP contribution in [0.4, 0.5) is 0 Å². The fourth-order valence-corrected chi connectivity index (χ4v) is 2.15. The second-order valence-electron chi connectivity index (χ2n) is 3.80. The smallest absolute Gasteiger partial charge is 0.120 e. The van der Waals surface area contributed by atoms with Crippen molar-refractivity contribution >= 4 is 11.6 Å². The van der Waals surface area contributed by atoms with E-state index in [1.54, 1.807) is 13.2 Å². The largest absolute Gasteiger partial charge is 0.497 e. The minimum atomic E-state index is -0.0918. The number of rotatable bonds is 5. The molecule has 0 aliphatic heterocycles. The highest BCUT2D eigenvalue weighted by Crippen LogP contribution is 2.32. The number of nitrogens with zero attached hydrogens (tertiary/aromatic N) is 1. The van der Waals surface area contributed by atoms with Gasteiger partial charge >= 0.3 is 0 Å². The molecule has 0 aromatic heterocycles. The van der Waals surface area contributed by atoms with Crippen molar-refractivity contribution in [3.63, 3.8) is 0 Å². The molecule has 1 aromatic carbocycles. The van der Waals surface area contributed by atoms with E-state index in [2.05, 4.69) is 11.4 Å². The van der Waals surface area contributed by atoms with E-state index in [-0.39, 0.29) is 12.0 Å². The molecule has 0 saturated heterocycles. The Bertz CT molecular complexity index is 414. The molecule has 0 amide bonds. The van der Waals surface area contributed by atoms with Gasteiger partial charge in [-0.25, -0.2) is 0 Å². The van der Waals surface area contributed by atoms with Crippen LogP contribution in [0.25, 0.3) is 0 Å². The standard InChI is InChI=1S/C13H17ClN2O/c1-4-9(8-15)13(16-2)11-6-5-10(17-3)7-12(11)14/h5-7,9,13,16H,4H2,1-3H3. The van der Waals surface area contributed by atoms with Crippen LogP contribution in [0.15, 0.2) is 18.2 Å². The van der Waals surface area contributed by atoms with Crippen molar-refractivity contribution in [2.24, 2.45) is 5.92 Å². The van der Waals surface area contributed by atoms with E-state index in [9.17, 15) is 0 Å². The third-order valence-electron chi connectivity index (χ3n) is 2.86. The van der Waals surface area contributed by atoms with Gasteiger partial charge in [0, 0.05) is 11.1 Å². The van der Waals surface area contributed by atoms with Crippen molar-refractivity contribution in [3.05, 3.63) is 28.8 Å². The van der Waals surface area contributed by atoms with Crippen molar-refractivity contribution in [2.45, 2.75) is 19.4 Å². The maximum Gasteiger partial charge on any atom is 0.120 e. The molecule has 3 nitrogen and oxygen atoms in total. The van der Waals surface area contributed by atoms with Crippen molar-refractivity contribution in [3.8, 4) is 11.8 Å². The highest BCUT2D eigenvalue weighted by atomic mass is 35.5. The van der Waals surface area contributed by atoms with Crippen LogP contribution in [0.3, 0.4) is 0 Å². The molecule has 0 aliphatic rings. The first-order valence-electron chi connectivity index (χ1n) is 5.58. The van der Waals surface area contributed by atoms with Gasteiger partial charge in [-0.2, -0.15) is 5.26 Å². The second-order valence-corrected chi connectivity index (χ2v) is 4.20. The lowest BCUT2D eigenvalue weighted by Gasteiger charge is -2.22. The Kier molecular flexibility index (Phi) is 5.27. The number of hydrogen-bond acceptors (Lipinski definition) is 3. The Morgan fingerprint density at radius 1 is 1.53 bits per heavy atom. The van der Waals surface area contributed by atoms with E-state index < -0.39 is 0 Å². The summed E-state index contributed by atoms with van der Waals surface area (Å²) in [6.07, 6.45) is 0.782. The molecule has 0 spiro atoms. The summed E-state index contributed by atoms with van der Waals surface area (Å²) in [7, 11) is 3.44. The monoisotopic (exact) mass is 252 g/mol. The van der Waals surface area contributed by atoms with E-state index in [1.165, 1.54) is 0 Å². The van der Waals surface area contributed by atoms with Gasteiger partial charge in [-0.15, -0.1) is 0 Å². The Balaban J connectivity index is 3.08. The molecular weight excluding hydrogens is 236 g/mol. The van der Waals surface area contributed by atoms with Gasteiger partial charge in [0.2, 0.25) is 0 Å². The molecule has 2 unspecified atom stereocenters. The lowest BCUT2D eigenvalue weighted by atomic mass is 9.92. The van der Waals surface area contributed by atoms with Crippen molar-refractivity contribution in [1.82, 2.24) is 5.32 Å². The van der Waals surface area contributed by atoms with Gasteiger partial charge in [0.25, 0.3) is 0 Å². The summed E-state index contributed by atoms with van der Waals surface area (Å²) in [5, 5.41) is 12.9. The Labute approximate surface area is 107 Å². The first-order valence-corrected chi connectivity index (χ1v) is 5.96. The molecule has 4 heteroatoms. The zero-order valence-corrected chi connectivity index (χ0v) is 11.1. The minimum absolute atomic E-state index is 0.0524. The SMILES string of the molecule is CCC(C#N)C(NC)c1ccc(OC)cc1Cl. The van der Waals surface area contributed by atoms with Crippen LogP contribution in [0.5, 0.6) is 5.75 Å². The third-order valence-corrected chi connectivity index (χ3v) is 3.19. The molecule has 92 valence electrons. The summed E-state index contributed by atoms with van der Waals surface area (Å²) in [4.78, 5) is 0. The first kappa shape index (κ1) is 13.8. The van der Waals surface area contributed by atoms with Gasteiger partial charge in [-0.3, -0.25) is 0 Å². The summed E-state index contributed by atoms with van der Waals surface area (Å²) in [6, 6.07) is 7.78. The van der Waals surface area contributed by atoms with Gasteiger partial charge < -0.3 is 10.1 Å². The maximum absolute atomic E-state index is 9.12. The molecular formula is C13H17ClN2O. The molecule has 17 heavy (non-hydrogen) atoms. The van der Waals surface area contributed by atoms with Crippen LogP contribution in [0.2, 0.25) is 5.02 Å². The topological polar surface area (TPSA) is 45.0 Å². The Morgan fingerprint density at radius 2 is 2.24 bits per heavy atom. The number of methoxy groups -OCH3 is 1. The summed E-state index contributed by atoms with van der Waals surface area (Å²) in [5.41, 5.74) is 0.934. The van der Waals surface area contributed by atoms with E-state index in [0.717, 1.165) is 17.7 Å². The number of nitrogens with one attached hydrogen (secondary N) is 1. The molecule has 0 saturated carbocycles. The van der Waals surface area contributed by atoms with Crippen LogP contribution in [0, 0.1) is 17.2 Å². The van der Waals surface area contributed by atoms with Crippen molar-refractivity contribution in [2.75, 3.05) is 14.2 Å². The highest BCUT2D eigenvalue weighted by molar-refractivity contribution is 6.31. The quantitative estimate of drug-likeness (QED) is 0.876. The van der Waals surface area contributed by atoms with Crippen LogP contribution >= 0.6 is 11.6 Å². The summed E-state index contributed by atoms with van der Waals surface area (Å²) < 4.78 is 5.11. The molecule has 0 aliphatic carbocycles. The van der Waals surface area contributed by atoms with Gasteiger partial charge in [0.05, 0.1) is 19.1 Å².